The maximum absolute atomic E-state index is 12.5. The van der Waals surface area contributed by atoms with Crippen molar-refractivity contribution in [2.45, 2.75) is 25.2 Å². The second-order valence-corrected chi connectivity index (χ2v) is 9.25. The van der Waals surface area contributed by atoms with E-state index in [1.165, 1.54) is 0 Å². The Kier molecular flexibility index (Phi) is 8.67. The van der Waals surface area contributed by atoms with Gasteiger partial charge in [-0.1, -0.05) is 35.4 Å². The Balaban J connectivity index is 0.000000909. The minimum Gasteiger partial charge on any atom is -0.432 e. The molecule has 1 fully saturated rings. The second-order valence-electron chi connectivity index (χ2n) is 8.84. The largest absolute Gasteiger partial charge is 0.533 e. The Morgan fingerprint density at radius 2 is 1.49 bits per heavy atom. The SMILES string of the molecule is O=C(CCN1C(=O)C=CC1=O)Nc1ccc2c(c1)C(COC(=O)ON1C(=O)CCC1=O)c1ccccc1-2.O=S(=O)=O. The number of benzene rings is 2. The van der Waals surface area contributed by atoms with Crippen molar-refractivity contribution in [3.05, 3.63) is 65.7 Å². The van der Waals surface area contributed by atoms with E-state index >= 15 is 0 Å². The molecule has 212 valence electrons. The molecule has 0 aromatic heterocycles. The number of hydrogen-bond acceptors (Lipinski definition) is 11. The van der Waals surface area contributed by atoms with E-state index in [4.69, 9.17) is 22.2 Å². The number of carbonyl (C=O) groups excluding carboxylic acids is 6. The lowest BCUT2D eigenvalue weighted by Crippen LogP contribution is -2.33. The van der Waals surface area contributed by atoms with Crippen LogP contribution in [-0.4, -0.2) is 71.4 Å². The van der Waals surface area contributed by atoms with Crippen molar-refractivity contribution in [2.75, 3.05) is 18.5 Å². The molecule has 41 heavy (non-hydrogen) atoms. The van der Waals surface area contributed by atoms with E-state index in [9.17, 15) is 28.8 Å². The molecular weight excluding hydrogens is 562 g/mol. The van der Waals surface area contributed by atoms with E-state index in [2.05, 4.69) is 5.32 Å². The van der Waals surface area contributed by atoms with Gasteiger partial charge in [-0.2, -0.15) is 0 Å². The molecule has 1 saturated heterocycles. The van der Waals surface area contributed by atoms with Crippen LogP contribution in [0.15, 0.2) is 54.6 Å². The minimum atomic E-state index is -3.11. The van der Waals surface area contributed by atoms with Gasteiger partial charge in [0.25, 0.3) is 23.6 Å². The number of rotatable bonds is 7. The van der Waals surface area contributed by atoms with Crippen molar-refractivity contribution < 1.29 is 51.0 Å². The molecule has 0 bridgehead atoms. The number of imide groups is 2. The molecule has 1 aliphatic carbocycles. The summed E-state index contributed by atoms with van der Waals surface area (Å²) in [6, 6.07) is 12.9. The van der Waals surface area contributed by atoms with Crippen LogP contribution in [0.5, 0.6) is 0 Å². The normalized spacial score (nSPS) is 16.6. The summed E-state index contributed by atoms with van der Waals surface area (Å²) < 4.78 is 30.6. The van der Waals surface area contributed by atoms with E-state index in [0.717, 1.165) is 39.3 Å². The molecule has 2 heterocycles. The first kappa shape index (κ1) is 28.8. The predicted octanol–water partition coefficient (Wildman–Crippen LogP) is 1.27. The maximum Gasteiger partial charge on any atom is 0.533 e. The van der Waals surface area contributed by atoms with Gasteiger partial charge in [0.1, 0.15) is 6.61 Å². The van der Waals surface area contributed by atoms with Crippen molar-refractivity contribution in [3.63, 3.8) is 0 Å². The number of hydrogen-bond donors (Lipinski definition) is 1. The molecular formula is C26H21N3O11S. The van der Waals surface area contributed by atoms with Crippen molar-refractivity contribution >= 4 is 52.0 Å². The molecule has 0 spiro atoms. The van der Waals surface area contributed by atoms with Gasteiger partial charge in [0, 0.05) is 49.6 Å². The molecule has 0 saturated carbocycles. The van der Waals surface area contributed by atoms with Gasteiger partial charge in [-0.3, -0.25) is 33.7 Å². The number of nitrogens with one attached hydrogen (secondary N) is 1. The fourth-order valence-electron chi connectivity index (χ4n) is 4.57. The monoisotopic (exact) mass is 583 g/mol. The molecule has 1 unspecified atom stereocenters. The van der Waals surface area contributed by atoms with Crippen molar-refractivity contribution in [1.82, 2.24) is 9.96 Å². The smallest absolute Gasteiger partial charge is 0.432 e. The van der Waals surface area contributed by atoms with Crippen LogP contribution in [0.1, 0.15) is 36.3 Å². The van der Waals surface area contributed by atoms with Crippen LogP contribution in [-0.2, 0) is 44.2 Å². The molecule has 1 N–H and O–H groups in total. The maximum atomic E-state index is 12.5. The summed E-state index contributed by atoms with van der Waals surface area (Å²) in [5.74, 6) is -2.87. The Morgan fingerprint density at radius 1 is 0.878 bits per heavy atom. The number of anilines is 1. The molecule has 15 heteroatoms. The Morgan fingerprint density at radius 3 is 2.15 bits per heavy atom. The minimum absolute atomic E-state index is 0.0223. The summed E-state index contributed by atoms with van der Waals surface area (Å²) in [4.78, 5) is 77.2. The summed E-state index contributed by atoms with van der Waals surface area (Å²) in [7, 11) is -3.11. The molecule has 5 amide bonds. The third-order valence-electron chi connectivity index (χ3n) is 6.34. The third kappa shape index (κ3) is 6.70. The number of nitrogens with zero attached hydrogens (tertiary/aromatic N) is 2. The zero-order valence-corrected chi connectivity index (χ0v) is 21.9. The Labute approximate surface area is 233 Å². The second kappa shape index (κ2) is 12.3. The summed E-state index contributed by atoms with van der Waals surface area (Å²) in [6.45, 7) is -0.157. The number of carbonyl (C=O) groups is 6. The molecule has 2 aliphatic heterocycles. The molecule has 0 radical (unpaired) electrons. The van der Waals surface area contributed by atoms with E-state index in [1.807, 2.05) is 30.3 Å². The zero-order valence-electron chi connectivity index (χ0n) is 21.1. The van der Waals surface area contributed by atoms with E-state index in [0.29, 0.717) is 10.8 Å². The van der Waals surface area contributed by atoms with Crippen LogP contribution in [0.4, 0.5) is 10.5 Å². The van der Waals surface area contributed by atoms with Crippen molar-refractivity contribution in [2.24, 2.45) is 0 Å². The van der Waals surface area contributed by atoms with Crippen LogP contribution in [0.25, 0.3) is 11.1 Å². The van der Waals surface area contributed by atoms with E-state index in [1.54, 1.807) is 12.1 Å². The van der Waals surface area contributed by atoms with Crippen molar-refractivity contribution in [1.29, 1.82) is 0 Å². The highest BCUT2D eigenvalue weighted by Gasteiger charge is 2.35. The average molecular weight is 584 g/mol. The fourth-order valence-corrected chi connectivity index (χ4v) is 4.57. The van der Waals surface area contributed by atoms with Crippen LogP contribution in [0, 0.1) is 0 Å². The van der Waals surface area contributed by atoms with Gasteiger partial charge >= 0.3 is 16.8 Å². The van der Waals surface area contributed by atoms with Crippen molar-refractivity contribution in [3.8, 4) is 11.1 Å². The van der Waals surface area contributed by atoms with Crippen LogP contribution in [0.2, 0.25) is 0 Å². The van der Waals surface area contributed by atoms with Gasteiger partial charge in [-0.15, -0.1) is 12.6 Å². The molecule has 14 nitrogen and oxygen atoms in total. The molecule has 5 rings (SSSR count). The van der Waals surface area contributed by atoms with Gasteiger partial charge in [0.2, 0.25) is 5.91 Å². The topological polar surface area (TPSA) is 191 Å². The van der Waals surface area contributed by atoms with Gasteiger partial charge in [0.15, 0.2) is 0 Å². The highest BCUT2D eigenvalue weighted by atomic mass is 32.2. The molecule has 3 aliphatic rings. The number of amides is 5. The summed E-state index contributed by atoms with van der Waals surface area (Å²) in [5.41, 5.74) is 4.05. The Hall–Kier alpha value is -5.18. The van der Waals surface area contributed by atoms with Crippen LogP contribution < -0.4 is 5.32 Å². The van der Waals surface area contributed by atoms with E-state index in [-0.39, 0.29) is 44.2 Å². The average Bonchev–Trinajstić information content (AvgIpc) is 3.53. The lowest BCUT2D eigenvalue weighted by molar-refractivity contribution is -0.177. The zero-order chi connectivity index (χ0) is 29.7. The first-order valence-electron chi connectivity index (χ1n) is 12.1. The van der Waals surface area contributed by atoms with E-state index < -0.39 is 40.4 Å². The molecule has 2 aromatic rings. The third-order valence-corrected chi connectivity index (χ3v) is 6.34. The summed E-state index contributed by atoms with van der Waals surface area (Å²) in [5, 5.41) is 3.20. The lowest BCUT2D eigenvalue weighted by Gasteiger charge is -2.17. The summed E-state index contributed by atoms with van der Waals surface area (Å²) in [6.07, 6.45) is 1.05. The first-order valence-corrected chi connectivity index (χ1v) is 13.1. The highest BCUT2D eigenvalue weighted by Crippen LogP contribution is 2.45. The quantitative estimate of drug-likeness (QED) is 0.365. The first-order chi connectivity index (χ1) is 19.5. The highest BCUT2D eigenvalue weighted by molar-refractivity contribution is 7.59. The predicted molar refractivity (Wildman–Crippen MR) is 136 cm³/mol. The molecule has 2 aromatic carbocycles. The number of hydroxylamine groups is 2. The lowest BCUT2D eigenvalue weighted by atomic mass is 9.97. The summed E-state index contributed by atoms with van der Waals surface area (Å²) >= 11 is 0. The fraction of sp³-hybridized carbons (Fsp3) is 0.231. The number of fused-ring (bicyclic) bond motifs is 3. The van der Waals surface area contributed by atoms with Gasteiger partial charge in [-0.25, -0.2) is 4.79 Å². The van der Waals surface area contributed by atoms with Crippen LogP contribution in [0.3, 0.4) is 0 Å². The molecule has 1 atom stereocenters. The number of ether oxygens (including phenoxy) is 1. The van der Waals surface area contributed by atoms with Crippen LogP contribution >= 0.6 is 0 Å². The Bertz CT molecular complexity index is 1560. The van der Waals surface area contributed by atoms with Gasteiger partial charge in [0.05, 0.1) is 0 Å². The van der Waals surface area contributed by atoms with Gasteiger partial charge in [-0.05, 0) is 34.4 Å². The van der Waals surface area contributed by atoms with Gasteiger partial charge < -0.3 is 10.1 Å². The standard InChI is InChI=1S/C26H21N3O8.O3S/c30-21(11-12-28-22(31)7-8-23(28)32)27-15-5-6-18-16-3-1-2-4-17(16)20(19(18)13-15)14-36-26(35)37-29-24(33)9-10-25(29)34;1-4(2)3/h1-8,13,20H,9-12,14H2,(H,27,30);.